The number of nitrogens with two attached hydrogens (primary N) is 1. The van der Waals surface area contributed by atoms with Crippen molar-refractivity contribution < 1.29 is 27.4 Å². The summed E-state index contributed by atoms with van der Waals surface area (Å²) in [6.07, 6.45) is -5.18. The molecule has 0 aliphatic heterocycles. The SMILES string of the molecule is NC(=O)OCCNCCOCC(F)(F)F. The van der Waals surface area contributed by atoms with Gasteiger partial charge in [0.25, 0.3) is 0 Å². The summed E-state index contributed by atoms with van der Waals surface area (Å²) in [5.74, 6) is 0. The fourth-order valence-corrected chi connectivity index (χ4v) is 0.681. The maximum Gasteiger partial charge on any atom is 0.411 e. The molecule has 0 radical (unpaired) electrons. The third kappa shape index (κ3) is 13.0. The molecule has 0 atom stereocenters. The van der Waals surface area contributed by atoms with Crippen LogP contribution in [0.1, 0.15) is 0 Å². The number of amides is 1. The first-order valence-corrected chi connectivity index (χ1v) is 4.19. The van der Waals surface area contributed by atoms with Crippen molar-refractivity contribution in [3.63, 3.8) is 0 Å². The van der Waals surface area contributed by atoms with Crippen molar-refractivity contribution in [2.24, 2.45) is 5.73 Å². The highest BCUT2D eigenvalue weighted by atomic mass is 19.4. The molecule has 0 saturated carbocycles. The minimum absolute atomic E-state index is 0.0594. The van der Waals surface area contributed by atoms with Crippen molar-refractivity contribution in [2.45, 2.75) is 6.18 Å². The quantitative estimate of drug-likeness (QED) is 0.615. The van der Waals surface area contributed by atoms with Crippen LogP contribution < -0.4 is 11.1 Å². The molecule has 0 aliphatic rings. The summed E-state index contributed by atoms with van der Waals surface area (Å²) in [6.45, 7) is -0.673. The number of primary amides is 1. The van der Waals surface area contributed by atoms with Gasteiger partial charge in [-0.05, 0) is 0 Å². The third-order valence-corrected chi connectivity index (χ3v) is 1.21. The van der Waals surface area contributed by atoms with Gasteiger partial charge in [0.05, 0.1) is 6.61 Å². The first-order valence-electron chi connectivity index (χ1n) is 4.19. The molecule has 5 nitrogen and oxygen atoms in total. The Morgan fingerprint density at radius 2 is 1.87 bits per heavy atom. The zero-order valence-corrected chi connectivity index (χ0v) is 7.97. The number of ether oxygens (including phenoxy) is 2. The summed E-state index contributed by atoms with van der Waals surface area (Å²) in [5, 5.41) is 2.70. The summed E-state index contributed by atoms with van der Waals surface area (Å²) in [6, 6.07) is 0. The average molecular weight is 230 g/mol. The third-order valence-electron chi connectivity index (χ3n) is 1.21. The van der Waals surface area contributed by atoms with Crippen LogP contribution in [0.2, 0.25) is 0 Å². The zero-order valence-electron chi connectivity index (χ0n) is 7.97. The second-order valence-electron chi connectivity index (χ2n) is 2.59. The molecule has 0 aromatic carbocycles. The highest BCUT2D eigenvalue weighted by Gasteiger charge is 2.27. The lowest BCUT2D eigenvalue weighted by atomic mass is 10.6. The number of alkyl halides is 3. The van der Waals surface area contributed by atoms with Gasteiger partial charge >= 0.3 is 12.3 Å². The van der Waals surface area contributed by atoms with E-state index in [1.165, 1.54) is 0 Å². The van der Waals surface area contributed by atoms with E-state index >= 15 is 0 Å². The number of carbonyl (C=O) groups is 1. The lowest BCUT2D eigenvalue weighted by molar-refractivity contribution is -0.173. The van der Waals surface area contributed by atoms with E-state index in [2.05, 4.69) is 20.5 Å². The fourth-order valence-electron chi connectivity index (χ4n) is 0.681. The number of hydrogen-bond acceptors (Lipinski definition) is 4. The monoisotopic (exact) mass is 230 g/mol. The maximum absolute atomic E-state index is 11.6. The van der Waals surface area contributed by atoms with Gasteiger partial charge < -0.3 is 20.5 Å². The predicted molar refractivity (Wildman–Crippen MR) is 45.3 cm³/mol. The van der Waals surface area contributed by atoms with E-state index in [4.69, 9.17) is 0 Å². The van der Waals surface area contributed by atoms with Crippen LogP contribution in [-0.2, 0) is 9.47 Å². The Morgan fingerprint density at radius 3 is 2.40 bits per heavy atom. The van der Waals surface area contributed by atoms with Crippen LogP contribution in [-0.4, -0.2) is 45.2 Å². The van der Waals surface area contributed by atoms with Crippen molar-refractivity contribution in [1.82, 2.24) is 5.32 Å². The molecule has 90 valence electrons. The highest BCUT2D eigenvalue weighted by molar-refractivity contribution is 5.64. The molecular formula is C7H13F3N2O3. The molecule has 3 N–H and O–H groups in total. The molecule has 1 amide bonds. The number of rotatable bonds is 7. The molecular weight excluding hydrogens is 217 g/mol. The van der Waals surface area contributed by atoms with Gasteiger partial charge in [0, 0.05) is 13.1 Å². The van der Waals surface area contributed by atoms with E-state index in [1.807, 2.05) is 0 Å². The van der Waals surface area contributed by atoms with Crippen LogP contribution in [0, 0.1) is 0 Å². The lowest BCUT2D eigenvalue weighted by Gasteiger charge is -2.08. The molecule has 0 unspecified atom stereocenters. The largest absolute Gasteiger partial charge is 0.448 e. The topological polar surface area (TPSA) is 73.6 Å². The molecule has 0 bridgehead atoms. The van der Waals surface area contributed by atoms with Gasteiger partial charge in [-0.3, -0.25) is 0 Å². The van der Waals surface area contributed by atoms with Crippen LogP contribution in [0.3, 0.4) is 0 Å². The van der Waals surface area contributed by atoms with Gasteiger partial charge in [0.2, 0.25) is 0 Å². The first kappa shape index (κ1) is 14.0. The predicted octanol–water partition coefficient (Wildman–Crippen LogP) is 0.250. The minimum atomic E-state index is -4.30. The fraction of sp³-hybridized carbons (Fsp3) is 0.857. The van der Waals surface area contributed by atoms with Crippen molar-refractivity contribution in [2.75, 3.05) is 32.9 Å². The summed E-state index contributed by atoms with van der Waals surface area (Å²) in [7, 11) is 0. The standard InChI is InChI=1S/C7H13F3N2O3/c8-7(9,10)5-14-3-1-12-2-4-15-6(11)13/h12H,1-5H2,(H2,11,13). The van der Waals surface area contributed by atoms with E-state index < -0.39 is 18.9 Å². The van der Waals surface area contributed by atoms with Crippen LogP contribution in [0.4, 0.5) is 18.0 Å². The second kappa shape index (κ2) is 7.30. The molecule has 15 heavy (non-hydrogen) atoms. The Morgan fingerprint density at radius 1 is 1.27 bits per heavy atom. The highest BCUT2D eigenvalue weighted by Crippen LogP contribution is 2.13. The molecule has 0 spiro atoms. The van der Waals surface area contributed by atoms with Gasteiger partial charge in [-0.1, -0.05) is 0 Å². The molecule has 0 aliphatic carbocycles. The molecule has 0 aromatic rings. The zero-order chi connectivity index (χ0) is 11.7. The Bertz CT molecular complexity index is 187. The smallest absolute Gasteiger partial charge is 0.411 e. The van der Waals surface area contributed by atoms with Crippen LogP contribution >= 0.6 is 0 Å². The number of nitrogens with one attached hydrogen (secondary N) is 1. The van der Waals surface area contributed by atoms with Gasteiger partial charge in [-0.2, -0.15) is 13.2 Å². The van der Waals surface area contributed by atoms with Gasteiger partial charge in [0.1, 0.15) is 13.2 Å². The normalized spacial score (nSPS) is 11.4. The number of carbonyl (C=O) groups excluding carboxylic acids is 1. The summed E-state index contributed by atoms with van der Waals surface area (Å²) in [4.78, 5) is 10.1. The number of hydrogen-bond donors (Lipinski definition) is 2. The average Bonchev–Trinajstić information content (AvgIpc) is 2.07. The van der Waals surface area contributed by atoms with Crippen LogP contribution in [0.5, 0.6) is 0 Å². The van der Waals surface area contributed by atoms with E-state index in [0.29, 0.717) is 6.54 Å². The first-order chi connectivity index (χ1) is 6.92. The summed E-state index contributed by atoms with van der Waals surface area (Å²) < 4.78 is 43.3. The molecule has 8 heteroatoms. The van der Waals surface area contributed by atoms with E-state index in [9.17, 15) is 18.0 Å². The minimum Gasteiger partial charge on any atom is -0.448 e. The van der Waals surface area contributed by atoms with Crippen molar-refractivity contribution in [3.05, 3.63) is 0 Å². The second-order valence-corrected chi connectivity index (χ2v) is 2.59. The molecule has 0 saturated heterocycles. The molecule has 0 aromatic heterocycles. The van der Waals surface area contributed by atoms with Gasteiger partial charge in [-0.25, -0.2) is 4.79 Å². The lowest BCUT2D eigenvalue weighted by Crippen LogP contribution is -2.27. The Kier molecular flexibility index (Phi) is 6.80. The Labute approximate surface area is 84.7 Å². The Balaban J connectivity index is 3.09. The number of halogens is 3. The van der Waals surface area contributed by atoms with Crippen LogP contribution in [0.15, 0.2) is 0 Å². The van der Waals surface area contributed by atoms with Gasteiger partial charge in [0.15, 0.2) is 0 Å². The van der Waals surface area contributed by atoms with Gasteiger partial charge in [-0.15, -0.1) is 0 Å². The van der Waals surface area contributed by atoms with Crippen molar-refractivity contribution >= 4 is 6.09 Å². The summed E-state index contributed by atoms with van der Waals surface area (Å²) >= 11 is 0. The van der Waals surface area contributed by atoms with E-state index in [-0.39, 0.29) is 19.8 Å². The van der Waals surface area contributed by atoms with Crippen molar-refractivity contribution in [3.8, 4) is 0 Å². The van der Waals surface area contributed by atoms with Crippen molar-refractivity contribution in [1.29, 1.82) is 0 Å². The van der Waals surface area contributed by atoms with Crippen LogP contribution in [0.25, 0.3) is 0 Å². The maximum atomic E-state index is 11.6. The summed E-state index contributed by atoms with van der Waals surface area (Å²) in [5.41, 5.74) is 4.66. The Hall–Kier alpha value is -1.02. The molecule has 0 rings (SSSR count). The van der Waals surface area contributed by atoms with E-state index in [1.54, 1.807) is 0 Å². The molecule has 0 fully saturated rings. The van der Waals surface area contributed by atoms with E-state index in [0.717, 1.165) is 0 Å². The molecule has 0 heterocycles.